The highest BCUT2D eigenvalue weighted by molar-refractivity contribution is 5.21. The molecule has 1 atom stereocenters. The Balaban J connectivity index is 2.60. The van der Waals surface area contributed by atoms with Crippen LogP contribution in [0, 0.1) is 5.82 Å². The van der Waals surface area contributed by atoms with Gasteiger partial charge < -0.3 is 5.32 Å². The average Bonchev–Trinajstić information content (AvgIpc) is 2.33. The van der Waals surface area contributed by atoms with Crippen LogP contribution >= 0.6 is 0 Å². The zero-order chi connectivity index (χ0) is 12.5. The predicted octanol–water partition coefficient (Wildman–Crippen LogP) is 4.10. The summed E-state index contributed by atoms with van der Waals surface area (Å²) < 4.78 is 13.2. The SMILES string of the molecule is CCCCC(CNCCC)c1cccc(F)c1. The van der Waals surface area contributed by atoms with Crippen LogP contribution in [0.15, 0.2) is 24.3 Å². The largest absolute Gasteiger partial charge is 0.316 e. The third-order valence-electron chi connectivity index (χ3n) is 3.04. The molecule has 1 N–H and O–H groups in total. The van der Waals surface area contributed by atoms with E-state index in [1.165, 1.54) is 18.9 Å². The van der Waals surface area contributed by atoms with Gasteiger partial charge in [0, 0.05) is 6.54 Å². The van der Waals surface area contributed by atoms with Crippen LogP contribution in [0.3, 0.4) is 0 Å². The number of unbranched alkanes of at least 4 members (excludes halogenated alkanes) is 1. The second-order valence-corrected chi connectivity index (χ2v) is 4.60. The zero-order valence-corrected chi connectivity index (χ0v) is 11.0. The Labute approximate surface area is 104 Å². The third kappa shape index (κ3) is 5.31. The number of rotatable bonds is 8. The fraction of sp³-hybridized carbons (Fsp3) is 0.600. The van der Waals surface area contributed by atoms with Crippen LogP contribution in [0.4, 0.5) is 4.39 Å². The van der Waals surface area contributed by atoms with Gasteiger partial charge >= 0.3 is 0 Å². The first-order valence-electron chi connectivity index (χ1n) is 6.74. The lowest BCUT2D eigenvalue weighted by molar-refractivity contribution is 0.524. The van der Waals surface area contributed by atoms with Crippen LogP contribution in [0.25, 0.3) is 0 Å². The van der Waals surface area contributed by atoms with Gasteiger partial charge in [-0.2, -0.15) is 0 Å². The van der Waals surface area contributed by atoms with E-state index < -0.39 is 0 Å². The Bertz CT molecular complexity index is 312. The third-order valence-corrected chi connectivity index (χ3v) is 3.04. The molecule has 1 nitrogen and oxygen atoms in total. The monoisotopic (exact) mass is 237 g/mol. The Kier molecular flexibility index (Phi) is 6.87. The Hall–Kier alpha value is -0.890. The van der Waals surface area contributed by atoms with E-state index in [0.717, 1.165) is 31.5 Å². The lowest BCUT2D eigenvalue weighted by atomic mass is 9.93. The summed E-state index contributed by atoms with van der Waals surface area (Å²) in [5, 5.41) is 3.44. The van der Waals surface area contributed by atoms with Crippen molar-refractivity contribution in [2.24, 2.45) is 0 Å². The van der Waals surface area contributed by atoms with E-state index >= 15 is 0 Å². The molecule has 17 heavy (non-hydrogen) atoms. The summed E-state index contributed by atoms with van der Waals surface area (Å²) in [5.41, 5.74) is 1.13. The van der Waals surface area contributed by atoms with Crippen molar-refractivity contribution in [3.63, 3.8) is 0 Å². The van der Waals surface area contributed by atoms with Crippen LogP contribution in [0.2, 0.25) is 0 Å². The minimum absolute atomic E-state index is 0.125. The molecule has 0 bridgehead atoms. The highest BCUT2D eigenvalue weighted by atomic mass is 19.1. The first-order valence-corrected chi connectivity index (χ1v) is 6.74. The Morgan fingerprint density at radius 2 is 2.06 bits per heavy atom. The summed E-state index contributed by atoms with van der Waals surface area (Å²) >= 11 is 0. The summed E-state index contributed by atoms with van der Waals surface area (Å²) in [6.45, 7) is 6.35. The first kappa shape index (κ1) is 14.2. The van der Waals surface area contributed by atoms with Crippen LogP contribution in [-0.4, -0.2) is 13.1 Å². The average molecular weight is 237 g/mol. The van der Waals surface area contributed by atoms with Gasteiger partial charge in [-0.15, -0.1) is 0 Å². The molecule has 1 unspecified atom stereocenters. The molecule has 0 fully saturated rings. The van der Waals surface area contributed by atoms with E-state index in [1.54, 1.807) is 6.07 Å². The molecule has 0 aliphatic heterocycles. The molecular formula is C15H24FN. The molecule has 1 aromatic rings. The summed E-state index contributed by atoms with van der Waals surface area (Å²) in [7, 11) is 0. The molecule has 0 heterocycles. The maximum Gasteiger partial charge on any atom is 0.123 e. The molecular weight excluding hydrogens is 213 g/mol. The summed E-state index contributed by atoms with van der Waals surface area (Å²) in [6, 6.07) is 7.04. The van der Waals surface area contributed by atoms with Gasteiger partial charge in [-0.05, 0) is 43.0 Å². The molecule has 0 amide bonds. The molecule has 0 aromatic heterocycles. The van der Waals surface area contributed by atoms with E-state index in [9.17, 15) is 4.39 Å². The predicted molar refractivity (Wildman–Crippen MR) is 71.8 cm³/mol. The standard InChI is InChI=1S/C15H24FN/c1-3-5-7-14(12-17-10-4-2)13-8-6-9-15(16)11-13/h6,8-9,11,14,17H,3-5,7,10,12H2,1-2H3. The van der Waals surface area contributed by atoms with Crippen LogP contribution < -0.4 is 5.32 Å². The smallest absolute Gasteiger partial charge is 0.123 e. The zero-order valence-electron chi connectivity index (χ0n) is 11.0. The van der Waals surface area contributed by atoms with Gasteiger partial charge in [-0.1, -0.05) is 38.8 Å². The first-order chi connectivity index (χ1) is 8.27. The second-order valence-electron chi connectivity index (χ2n) is 4.60. The molecule has 1 aromatic carbocycles. The van der Waals surface area contributed by atoms with Crippen molar-refractivity contribution in [1.29, 1.82) is 0 Å². The van der Waals surface area contributed by atoms with Gasteiger partial charge in [-0.3, -0.25) is 0 Å². The van der Waals surface area contributed by atoms with E-state index in [2.05, 4.69) is 19.2 Å². The number of halogens is 1. The van der Waals surface area contributed by atoms with Crippen molar-refractivity contribution < 1.29 is 4.39 Å². The summed E-state index contributed by atoms with van der Waals surface area (Å²) in [5.74, 6) is 0.316. The van der Waals surface area contributed by atoms with Gasteiger partial charge in [-0.25, -0.2) is 4.39 Å². The number of nitrogens with one attached hydrogen (secondary N) is 1. The Morgan fingerprint density at radius 1 is 1.24 bits per heavy atom. The quantitative estimate of drug-likeness (QED) is 0.671. The van der Waals surface area contributed by atoms with Gasteiger partial charge in [0.1, 0.15) is 5.82 Å². The molecule has 0 aliphatic carbocycles. The van der Waals surface area contributed by atoms with Crippen molar-refractivity contribution in [2.75, 3.05) is 13.1 Å². The minimum atomic E-state index is -0.125. The highest BCUT2D eigenvalue weighted by Gasteiger charge is 2.11. The fourth-order valence-corrected chi connectivity index (χ4v) is 2.05. The summed E-state index contributed by atoms with van der Waals surface area (Å²) in [4.78, 5) is 0. The molecule has 96 valence electrons. The number of benzene rings is 1. The van der Waals surface area contributed by atoms with Crippen LogP contribution in [0.5, 0.6) is 0 Å². The molecule has 0 radical (unpaired) electrons. The lowest BCUT2D eigenvalue weighted by Gasteiger charge is -2.18. The topological polar surface area (TPSA) is 12.0 Å². The van der Waals surface area contributed by atoms with Crippen molar-refractivity contribution in [1.82, 2.24) is 5.32 Å². The molecule has 0 spiro atoms. The maximum atomic E-state index is 13.2. The normalized spacial score (nSPS) is 12.6. The maximum absolute atomic E-state index is 13.2. The minimum Gasteiger partial charge on any atom is -0.316 e. The highest BCUT2D eigenvalue weighted by Crippen LogP contribution is 2.22. The fourth-order valence-electron chi connectivity index (χ4n) is 2.05. The van der Waals surface area contributed by atoms with Crippen LogP contribution in [0.1, 0.15) is 51.0 Å². The van der Waals surface area contributed by atoms with Gasteiger partial charge in [0.15, 0.2) is 0 Å². The lowest BCUT2D eigenvalue weighted by Crippen LogP contribution is -2.22. The number of hydrogen-bond acceptors (Lipinski definition) is 1. The molecule has 0 aliphatic rings. The van der Waals surface area contributed by atoms with Crippen molar-refractivity contribution in [3.8, 4) is 0 Å². The van der Waals surface area contributed by atoms with E-state index in [4.69, 9.17) is 0 Å². The van der Waals surface area contributed by atoms with Gasteiger partial charge in [0.05, 0.1) is 0 Å². The van der Waals surface area contributed by atoms with E-state index in [0.29, 0.717) is 5.92 Å². The second kappa shape index (κ2) is 8.24. The van der Waals surface area contributed by atoms with E-state index in [1.807, 2.05) is 12.1 Å². The number of hydrogen-bond donors (Lipinski definition) is 1. The van der Waals surface area contributed by atoms with Crippen molar-refractivity contribution in [3.05, 3.63) is 35.6 Å². The van der Waals surface area contributed by atoms with Gasteiger partial charge in [0.25, 0.3) is 0 Å². The Morgan fingerprint density at radius 3 is 2.71 bits per heavy atom. The van der Waals surface area contributed by atoms with Gasteiger partial charge in [0.2, 0.25) is 0 Å². The molecule has 0 saturated carbocycles. The van der Waals surface area contributed by atoms with E-state index in [-0.39, 0.29) is 5.82 Å². The molecule has 1 rings (SSSR count). The van der Waals surface area contributed by atoms with Crippen molar-refractivity contribution >= 4 is 0 Å². The van der Waals surface area contributed by atoms with Crippen LogP contribution in [-0.2, 0) is 0 Å². The molecule has 0 saturated heterocycles. The molecule has 2 heteroatoms. The van der Waals surface area contributed by atoms with Crippen molar-refractivity contribution in [2.45, 2.75) is 45.4 Å². The summed E-state index contributed by atoms with van der Waals surface area (Å²) in [6.07, 6.45) is 4.68.